The third kappa shape index (κ3) is 5.72. The third-order valence-corrected chi connectivity index (χ3v) is 2.80. The number of nitrogens with one attached hydrogen (secondary N) is 2. The molecule has 106 valence electrons. The van der Waals surface area contributed by atoms with Gasteiger partial charge in [-0.05, 0) is 37.7 Å². The summed E-state index contributed by atoms with van der Waals surface area (Å²) in [6, 6.07) is 7.19. The number of aliphatic hydroxyl groups is 1. The van der Waals surface area contributed by atoms with Gasteiger partial charge in [0.1, 0.15) is 5.75 Å². The van der Waals surface area contributed by atoms with E-state index in [1.165, 1.54) is 0 Å². The Labute approximate surface area is 114 Å². The van der Waals surface area contributed by atoms with E-state index >= 15 is 0 Å². The Morgan fingerprint density at radius 2 is 2.26 bits per heavy atom. The van der Waals surface area contributed by atoms with Crippen molar-refractivity contribution in [2.24, 2.45) is 0 Å². The molecule has 1 atom stereocenters. The molecule has 0 aliphatic heterocycles. The molecule has 1 amide bonds. The van der Waals surface area contributed by atoms with Gasteiger partial charge >= 0.3 is 0 Å². The highest BCUT2D eigenvalue weighted by Gasteiger charge is 2.10. The number of benzene rings is 1. The van der Waals surface area contributed by atoms with E-state index in [2.05, 4.69) is 10.6 Å². The van der Waals surface area contributed by atoms with Crippen molar-refractivity contribution in [3.05, 3.63) is 29.8 Å². The van der Waals surface area contributed by atoms with Gasteiger partial charge < -0.3 is 20.5 Å². The maximum atomic E-state index is 11.5. The molecule has 0 saturated carbocycles. The molecule has 0 aromatic heterocycles. The molecule has 0 aliphatic rings. The van der Waals surface area contributed by atoms with E-state index in [4.69, 9.17) is 4.74 Å². The van der Waals surface area contributed by atoms with Gasteiger partial charge in [-0.1, -0.05) is 12.1 Å². The van der Waals surface area contributed by atoms with E-state index in [1.54, 1.807) is 19.2 Å². The Morgan fingerprint density at radius 1 is 1.47 bits per heavy atom. The lowest BCUT2D eigenvalue weighted by atomic mass is 10.1. The van der Waals surface area contributed by atoms with Crippen LogP contribution in [0.5, 0.6) is 5.75 Å². The number of aliphatic hydroxyl groups excluding tert-OH is 1. The molecule has 1 unspecified atom stereocenters. The summed E-state index contributed by atoms with van der Waals surface area (Å²) in [5.41, 5.74) is 0.731. The highest BCUT2D eigenvalue weighted by molar-refractivity contribution is 5.75. The molecular formula is C14H22N2O3. The summed E-state index contributed by atoms with van der Waals surface area (Å²) in [5, 5.41) is 15.7. The first-order chi connectivity index (χ1) is 9.17. The summed E-state index contributed by atoms with van der Waals surface area (Å²) in [4.78, 5) is 11.5. The molecule has 5 nitrogen and oxygen atoms in total. The smallest absolute Gasteiger partial charge is 0.220 e. The van der Waals surface area contributed by atoms with E-state index < -0.39 is 6.10 Å². The Balaban J connectivity index is 2.37. The fourth-order valence-corrected chi connectivity index (χ4v) is 1.69. The predicted molar refractivity (Wildman–Crippen MR) is 74.1 cm³/mol. The van der Waals surface area contributed by atoms with Crippen LogP contribution in [0.25, 0.3) is 0 Å². The lowest BCUT2D eigenvalue weighted by molar-refractivity contribution is -0.121. The van der Waals surface area contributed by atoms with Gasteiger partial charge in [0, 0.05) is 13.0 Å². The van der Waals surface area contributed by atoms with Gasteiger partial charge in [0.15, 0.2) is 0 Å². The fraction of sp³-hybridized carbons (Fsp3) is 0.500. The first-order valence-electron chi connectivity index (χ1n) is 6.40. The van der Waals surface area contributed by atoms with Crippen LogP contribution >= 0.6 is 0 Å². The van der Waals surface area contributed by atoms with Crippen molar-refractivity contribution in [1.82, 2.24) is 10.6 Å². The molecule has 0 spiro atoms. The monoisotopic (exact) mass is 266 g/mol. The maximum absolute atomic E-state index is 11.5. The normalized spacial score (nSPS) is 11.9. The minimum Gasteiger partial charge on any atom is -0.497 e. The number of hydrogen-bond donors (Lipinski definition) is 3. The van der Waals surface area contributed by atoms with Gasteiger partial charge in [0.05, 0.1) is 13.2 Å². The number of methoxy groups -OCH3 is 1. The van der Waals surface area contributed by atoms with Crippen LogP contribution in [-0.4, -0.2) is 38.3 Å². The van der Waals surface area contributed by atoms with Gasteiger partial charge in [-0.25, -0.2) is 0 Å². The number of amides is 1. The molecule has 0 saturated heterocycles. The van der Waals surface area contributed by atoms with Gasteiger partial charge in [0.2, 0.25) is 5.91 Å². The van der Waals surface area contributed by atoms with Crippen molar-refractivity contribution in [2.75, 3.05) is 27.2 Å². The van der Waals surface area contributed by atoms with E-state index in [0.717, 1.165) is 18.5 Å². The van der Waals surface area contributed by atoms with Crippen LogP contribution in [0.15, 0.2) is 24.3 Å². The molecular weight excluding hydrogens is 244 g/mol. The van der Waals surface area contributed by atoms with Crippen LogP contribution < -0.4 is 15.4 Å². The summed E-state index contributed by atoms with van der Waals surface area (Å²) in [6.07, 6.45) is 0.534. The zero-order valence-corrected chi connectivity index (χ0v) is 11.5. The van der Waals surface area contributed by atoms with Gasteiger partial charge in [0.25, 0.3) is 0 Å². The lowest BCUT2D eigenvalue weighted by Crippen LogP contribution is -2.28. The third-order valence-electron chi connectivity index (χ3n) is 2.80. The first-order valence-corrected chi connectivity index (χ1v) is 6.40. The largest absolute Gasteiger partial charge is 0.497 e. The van der Waals surface area contributed by atoms with E-state index in [-0.39, 0.29) is 12.5 Å². The minimum absolute atomic E-state index is 0.0443. The van der Waals surface area contributed by atoms with Crippen LogP contribution in [-0.2, 0) is 4.79 Å². The molecule has 0 radical (unpaired) electrons. The molecule has 0 bridgehead atoms. The van der Waals surface area contributed by atoms with Crippen LogP contribution in [0.1, 0.15) is 24.5 Å². The molecule has 1 aromatic carbocycles. The van der Waals surface area contributed by atoms with Crippen molar-refractivity contribution in [2.45, 2.75) is 18.9 Å². The summed E-state index contributed by atoms with van der Waals surface area (Å²) in [6.45, 7) is 1.03. The second-order valence-electron chi connectivity index (χ2n) is 4.30. The predicted octanol–water partition coefficient (Wildman–Crippen LogP) is 0.844. The molecule has 3 N–H and O–H groups in total. The maximum Gasteiger partial charge on any atom is 0.220 e. The number of hydrogen-bond acceptors (Lipinski definition) is 4. The molecule has 5 heteroatoms. The number of rotatable bonds is 8. The van der Waals surface area contributed by atoms with Crippen LogP contribution in [0, 0.1) is 0 Å². The molecule has 19 heavy (non-hydrogen) atoms. The summed E-state index contributed by atoms with van der Waals surface area (Å²) in [7, 11) is 3.43. The standard InChI is InChI=1S/C14H22N2O3/c1-15-8-4-7-14(18)16-10-13(17)11-5-3-6-12(9-11)19-2/h3,5-6,9,13,15,17H,4,7-8,10H2,1-2H3,(H,16,18). The topological polar surface area (TPSA) is 70.6 Å². The summed E-state index contributed by atoms with van der Waals surface area (Å²) < 4.78 is 5.09. The molecule has 1 aromatic rings. The summed E-state index contributed by atoms with van der Waals surface area (Å²) >= 11 is 0. The van der Waals surface area contributed by atoms with E-state index in [9.17, 15) is 9.90 Å². The van der Waals surface area contributed by atoms with Crippen molar-refractivity contribution >= 4 is 5.91 Å². The van der Waals surface area contributed by atoms with Gasteiger partial charge in [-0.2, -0.15) is 0 Å². The lowest BCUT2D eigenvalue weighted by Gasteiger charge is -2.13. The van der Waals surface area contributed by atoms with Crippen molar-refractivity contribution in [3.63, 3.8) is 0 Å². The van der Waals surface area contributed by atoms with E-state index in [1.807, 2.05) is 19.2 Å². The Kier molecular flexibility index (Phi) is 6.92. The number of ether oxygens (including phenoxy) is 1. The van der Waals surface area contributed by atoms with Gasteiger partial charge in [-0.3, -0.25) is 4.79 Å². The zero-order valence-electron chi connectivity index (χ0n) is 11.5. The summed E-state index contributed by atoms with van der Waals surface area (Å²) in [5.74, 6) is 0.647. The van der Waals surface area contributed by atoms with E-state index in [0.29, 0.717) is 12.2 Å². The number of carbonyl (C=O) groups is 1. The molecule has 0 aliphatic carbocycles. The van der Waals surface area contributed by atoms with Crippen molar-refractivity contribution < 1.29 is 14.6 Å². The average Bonchev–Trinajstić information content (AvgIpc) is 2.45. The van der Waals surface area contributed by atoms with Crippen LogP contribution in [0.2, 0.25) is 0 Å². The Bertz CT molecular complexity index is 396. The number of carbonyl (C=O) groups excluding carboxylic acids is 1. The Morgan fingerprint density at radius 3 is 2.95 bits per heavy atom. The second kappa shape index (κ2) is 8.50. The molecule has 0 heterocycles. The fourth-order valence-electron chi connectivity index (χ4n) is 1.69. The van der Waals surface area contributed by atoms with Gasteiger partial charge in [-0.15, -0.1) is 0 Å². The Hall–Kier alpha value is -1.59. The highest BCUT2D eigenvalue weighted by Crippen LogP contribution is 2.18. The van der Waals surface area contributed by atoms with Crippen LogP contribution in [0.3, 0.4) is 0 Å². The highest BCUT2D eigenvalue weighted by atomic mass is 16.5. The minimum atomic E-state index is -0.719. The molecule has 0 fully saturated rings. The second-order valence-corrected chi connectivity index (χ2v) is 4.30. The molecule has 1 rings (SSSR count). The van der Waals surface area contributed by atoms with Crippen molar-refractivity contribution in [3.8, 4) is 5.75 Å². The van der Waals surface area contributed by atoms with Crippen LogP contribution in [0.4, 0.5) is 0 Å². The quantitative estimate of drug-likeness (QED) is 0.610. The zero-order chi connectivity index (χ0) is 14.1. The van der Waals surface area contributed by atoms with Crippen molar-refractivity contribution in [1.29, 1.82) is 0 Å². The first kappa shape index (κ1) is 15.5. The average molecular weight is 266 g/mol. The SMILES string of the molecule is CNCCCC(=O)NCC(O)c1cccc(OC)c1.